The Morgan fingerprint density at radius 3 is 2.79 bits per heavy atom. The third-order valence-corrected chi connectivity index (χ3v) is 5.49. The molecule has 0 saturated carbocycles. The molecule has 0 N–H and O–H groups in total. The summed E-state index contributed by atoms with van der Waals surface area (Å²) < 4.78 is 29.5. The highest BCUT2D eigenvalue weighted by Crippen LogP contribution is 2.16. The van der Waals surface area contributed by atoms with Crippen LogP contribution in [0.15, 0.2) is 0 Å². The first-order valence-corrected chi connectivity index (χ1v) is 7.37. The SMILES string of the molecule is CN(CC1CCCOC1)S(=O)(=O)CBr. The lowest BCUT2D eigenvalue weighted by Crippen LogP contribution is -2.35. The third kappa shape index (κ3) is 3.49. The molecule has 1 unspecified atom stereocenters. The summed E-state index contributed by atoms with van der Waals surface area (Å²) in [6.07, 6.45) is 2.09. The number of nitrogens with zero attached hydrogens (tertiary/aromatic N) is 1. The highest BCUT2D eigenvalue weighted by Gasteiger charge is 2.22. The standard InChI is InChI=1S/C8H16BrNO3S/c1-10(14(11,12)7-9)5-8-3-2-4-13-6-8/h8H,2-7H2,1H3. The topological polar surface area (TPSA) is 46.6 Å². The quantitative estimate of drug-likeness (QED) is 0.725. The average Bonchev–Trinajstić information content (AvgIpc) is 2.19. The highest BCUT2D eigenvalue weighted by atomic mass is 79.9. The summed E-state index contributed by atoms with van der Waals surface area (Å²) in [5, 5.41) is 0. The van der Waals surface area contributed by atoms with Crippen molar-refractivity contribution < 1.29 is 13.2 Å². The van der Waals surface area contributed by atoms with Crippen molar-refractivity contribution in [2.75, 3.05) is 31.5 Å². The molecule has 14 heavy (non-hydrogen) atoms. The summed E-state index contributed by atoms with van der Waals surface area (Å²) in [6, 6.07) is 0. The average molecular weight is 286 g/mol. The van der Waals surface area contributed by atoms with Gasteiger partial charge >= 0.3 is 0 Å². The van der Waals surface area contributed by atoms with Crippen LogP contribution in [0, 0.1) is 5.92 Å². The van der Waals surface area contributed by atoms with Gasteiger partial charge in [-0.2, -0.15) is 0 Å². The minimum atomic E-state index is -3.10. The number of hydrogen-bond acceptors (Lipinski definition) is 3. The van der Waals surface area contributed by atoms with E-state index in [1.807, 2.05) is 0 Å². The van der Waals surface area contributed by atoms with Gasteiger partial charge in [-0.15, -0.1) is 0 Å². The maximum atomic E-state index is 11.4. The van der Waals surface area contributed by atoms with Crippen LogP contribution in [0.2, 0.25) is 0 Å². The van der Waals surface area contributed by atoms with Crippen LogP contribution in [-0.2, 0) is 14.8 Å². The predicted molar refractivity (Wildman–Crippen MR) is 58.9 cm³/mol. The van der Waals surface area contributed by atoms with E-state index in [0.29, 0.717) is 19.1 Å². The van der Waals surface area contributed by atoms with Crippen molar-refractivity contribution in [1.29, 1.82) is 0 Å². The van der Waals surface area contributed by atoms with Gasteiger partial charge in [0.25, 0.3) is 0 Å². The Hall–Kier alpha value is 0.350. The lowest BCUT2D eigenvalue weighted by atomic mass is 10.0. The van der Waals surface area contributed by atoms with E-state index >= 15 is 0 Å². The number of alkyl halides is 1. The minimum Gasteiger partial charge on any atom is -0.381 e. The highest BCUT2D eigenvalue weighted by molar-refractivity contribution is 9.10. The third-order valence-electron chi connectivity index (χ3n) is 2.38. The zero-order valence-electron chi connectivity index (χ0n) is 8.28. The molecular formula is C8H16BrNO3S. The maximum Gasteiger partial charge on any atom is 0.223 e. The van der Waals surface area contributed by atoms with Crippen molar-refractivity contribution >= 4 is 26.0 Å². The molecule has 84 valence electrons. The van der Waals surface area contributed by atoms with Crippen molar-refractivity contribution in [3.63, 3.8) is 0 Å². The zero-order chi connectivity index (χ0) is 10.6. The van der Waals surface area contributed by atoms with Gasteiger partial charge in [0.15, 0.2) is 0 Å². The van der Waals surface area contributed by atoms with Gasteiger partial charge in [-0.1, -0.05) is 15.9 Å². The van der Waals surface area contributed by atoms with E-state index in [2.05, 4.69) is 15.9 Å². The van der Waals surface area contributed by atoms with E-state index in [1.165, 1.54) is 4.31 Å². The Bertz CT molecular complexity index is 262. The van der Waals surface area contributed by atoms with E-state index in [-0.39, 0.29) is 4.66 Å². The molecule has 4 nitrogen and oxygen atoms in total. The molecule has 1 aliphatic rings. The van der Waals surface area contributed by atoms with Crippen LogP contribution >= 0.6 is 15.9 Å². The summed E-state index contributed by atoms with van der Waals surface area (Å²) in [5.74, 6) is 0.350. The van der Waals surface area contributed by atoms with E-state index in [4.69, 9.17) is 4.74 Å². The second-order valence-electron chi connectivity index (χ2n) is 3.58. The molecule has 6 heteroatoms. The summed E-state index contributed by atoms with van der Waals surface area (Å²) in [6.45, 7) is 2.06. The molecule has 0 aromatic carbocycles. The smallest absolute Gasteiger partial charge is 0.223 e. The summed E-state index contributed by atoms with van der Waals surface area (Å²) in [4.78, 5) is 0. The molecule has 1 saturated heterocycles. The van der Waals surface area contributed by atoms with Crippen LogP contribution in [0.4, 0.5) is 0 Å². The molecule has 1 heterocycles. The first-order chi connectivity index (χ1) is 6.56. The van der Waals surface area contributed by atoms with Gasteiger partial charge < -0.3 is 4.74 Å². The Balaban J connectivity index is 2.43. The van der Waals surface area contributed by atoms with Crippen LogP contribution in [0.1, 0.15) is 12.8 Å². The molecule has 0 spiro atoms. The molecule has 0 amide bonds. The Labute approximate surface area is 93.8 Å². The van der Waals surface area contributed by atoms with Gasteiger partial charge in [-0.25, -0.2) is 12.7 Å². The number of rotatable bonds is 4. The molecule has 0 aromatic rings. The monoisotopic (exact) mass is 285 g/mol. The Morgan fingerprint density at radius 1 is 1.57 bits per heavy atom. The predicted octanol–water partition coefficient (Wildman–Crippen LogP) is 1.03. The van der Waals surface area contributed by atoms with Crippen molar-refractivity contribution in [3.05, 3.63) is 0 Å². The maximum absolute atomic E-state index is 11.4. The molecule has 0 aliphatic carbocycles. The number of ether oxygens (including phenoxy) is 1. The first-order valence-electron chi connectivity index (χ1n) is 4.64. The lowest BCUT2D eigenvalue weighted by Gasteiger charge is -2.26. The fourth-order valence-electron chi connectivity index (χ4n) is 1.51. The summed E-state index contributed by atoms with van der Waals surface area (Å²) in [7, 11) is -1.49. The second-order valence-corrected chi connectivity index (χ2v) is 6.96. The largest absolute Gasteiger partial charge is 0.381 e. The van der Waals surface area contributed by atoms with E-state index in [0.717, 1.165) is 19.4 Å². The fraction of sp³-hybridized carbons (Fsp3) is 1.00. The van der Waals surface area contributed by atoms with Gasteiger partial charge in [0, 0.05) is 20.2 Å². The van der Waals surface area contributed by atoms with Gasteiger partial charge in [0.2, 0.25) is 10.0 Å². The Kier molecular flexibility index (Phi) is 4.82. The molecule has 0 aromatic heterocycles. The van der Waals surface area contributed by atoms with E-state index in [9.17, 15) is 8.42 Å². The van der Waals surface area contributed by atoms with Crippen molar-refractivity contribution in [2.24, 2.45) is 5.92 Å². The van der Waals surface area contributed by atoms with Crippen molar-refractivity contribution in [3.8, 4) is 0 Å². The number of halogens is 1. The van der Waals surface area contributed by atoms with Crippen molar-refractivity contribution in [1.82, 2.24) is 4.31 Å². The number of sulfonamides is 1. The van der Waals surface area contributed by atoms with Crippen LogP contribution in [0.3, 0.4) is 0 Å². The molecule has 1 rings (SSSR count). The molecule has 0 radical (unpaired) electrons. The lowest BCUT2D eigenvalue weighted by molar-refractivity contribution is 0.0496. The molecule has 1 aliphatic heterocycles. The van der Waals surface area contributed by atoms with Gasteiger partial charge in [-0.05, 0) is 18.8 Å². The minimum absolute atomic E-state index is 0.00984. The van der Waals surface area contributed by atoms with Crippen LogP contribution in [0.5, 0.6) is 0 Å². The van der Waals surface area contributed by atoms with E-state index in [1.54, 1.807) is 7.05 Å². The number of hydrogen-bond donors (Lipinski definition) is 0. The molecule has 0 bridgehead atoms. The normalized spacial score (nSPS) is 24.1. The van der Waals surface area contributed by atoms with Gasteiger partial charge in [-0.3, -0.25) is 0 Å². The first kappa shape index (κ1) is 12.4. The fourth-order valence-corrected chi connectivity index (χ4v) is 3.17. The molecule has 1 atom stereocenters. The summed E-state index contributed by atoms with van der Waals surface area (Å²) in [5.41, 5.74) is 0. The second kappa shape index (κ2) is 5.44. The summed E-state index contributed by atoms with van der Waals surface area (Å²) >= 11 is 2.98. The van der Waals surface area contributed by atoms with Gasteiger partial charge in [0.05, 0.1) is 6.61 Å². The zero-order valence-corrected chi connectivity index (χ0v) is 10.7. The molecular weight excluding hydrogens is 270 g/mol. The molecule has 1 fully saturated rings. The van der Waals surface area contributed by atoms with Crippen LogP contribution in [-0.4, -0.2) is 44.2 Å². The van der Waals surface area contributed by atoms with Gasteiger partial charge in [0.1, 0.15) is 4.66 Å². The van der Waals surface area contributed by atoms with Crippen LogP contribution in [0.25, 0.3) is 0 Å². The van der Waals surface area contributed by atoms with Crippen molar-refractivity contribution in [2.45, 2.75) is 12.8 Å². The van der Waals surface area contributed by atoms with Crippen LogP contribution < -0.4 is 0 Å². The Morgan fingerprint density at radius 2 is 2.29 bits per heavy atom. The van der Waals surface area contributed by atoms with E-state index < -0.39 is 10.0 Å².